The van der Waals surface area contributed by atoms with Gasteiger partial charge in [0.05, 0.1) is 6.10 Å². The summed E-state index contributed by atoms with van der Waals surface area (Å²) in [7, 11) is 0. The van der Waals surface area contributed by atoms with Gasteiger partial charge in [0, 0.05) is 22.8 Å². The standard InChI is InChI=1S/C13H19NOS/c1-9(14)11-5-3-4-6-13(11)16-12-7-8-15-10(12)2/h3-6,9-10,12H,7-8,14H2,1-2H3/t9-,10?,12?/m1/s1. The summed E-state index contributed by atoms with van der Waals surface area (Å²) in [5, 5.41) is 0.569. The summed E-state index contributed by atoms with van der Waals surface area (Å²) in [5.41, 5.74) is 7.22. The van der Waals surface area contributed by atoms with E-state index < -0.39 is 0 Å². The zero-order chi connectivity index (χ0) is 11.5. The van der Waals surface area contributed by atoms with Crippen LogP contribution in [-0.4, -0.2) is 18.0 Å². The number of ether oxygens (including phenoxy) is 1. The average Bonchev–Trinajstić information content (AvgIpc) is 2.65. The molecule has 0 saturated carbocycles. The second-order valence-electron chi connectivity index (χ2n) is 4.35. The van der Waals surface area contributed by atoms with Crippen molar-refractivity contribution < 1.29 is 4.74 Å². The fraction of sp³-hybridized carbons (Fsp3) is 0.538. The van der Waals surface area contributed by atoms with E-state index in [1.165, 1.54) is 10.5 Å². The second-order valence-corrected chi connectivity index (χ2v) is 5.63. The number of hydrogen-bond donors (Lipinski definition) is 1. The predicted molar refractivity (Wildman–Crippen MR) is 68.7 cm³/mol. The van der Waals surface area contributed by atoms with Crippen molar-refractivity contribution in [1.82, 2.24) is 0 Å². The molecule has 1 aliphatic heterocycles. The SMILES string of the molecule is CC1OCCC1Sc1ccccc1[C@@H](C)N. The maximum atomic E-state index is 5.98. The topological polar surface area (TPSA) is 35.2 Å². The predicted octanol–water partition coefficient (Wildman–Crippen LogP) is 2.98. The van der Waals surface area contributed by atoms with Crippen molar-refractivity contribution in [3.8, 4) is 0 Å². The van der Waals surface area contributed by atoms with Gasteiger partial charge in [-0.3, -0.25) is 0 Å². The Morgan fingerprint density at radius 2 is 2.19 bits per heavy atom. The largest absolute Gasteiger partial charge is 0.377 e. The summed E-state index contributed by atoms with van der Waals surface area (Å²) in [4.78, 5) is 1.31. The van der Waals surface area contributed by atoms with Crippen LogP contribution in [0.25, 0.3) is 0 Å². The highest BCUT2D eigenvalue weighted by atomic mass is 32.2. The lowest BCUT2D eigenvalue weighted by molar-refractivity contribution is 0.127. The number of benzene rings is 1. The molecule has 0 bridgehead atoms. The number of nitrogens with two attached hydrogens (primary N) is 1. The maximum absolute atomic E-state index is 5.98. The highest BCUT2D eigenvalue weighted by Gasteiger charge is 2.25. The van der Waals surface area contributed by atoms with Crippen molar-refractivity contribution in [3.63, 3.8) is 0 Å². The van der Waals surface area contributed by atoms with Gasteiger partial charge in [0.15, 0.2) is 0 Å². The Morgan fingerprint density at radius 3 is 2.81 bits per heavy atom. The van der Waals surface area contributed by atoms with Crippen LogP contribution in [0.4, 0.5) is 0 Å². The van der Waals surface area contributed by atoms with Crippen molar-refractivity contribution in [2.45, 2.75) is 42.6 Å². The molecule has 1 saturated heterocycles. The zero-order valence-corrected chi connectivity index (χ0v) is 10.7. The van der Waals surface area contributed by atoms with Crippen LogP contribution in [0.15, 0.2) is 29.2 Å². The number of thioether (sulfide) groups is 1. The Labute approximate surface area is 102 Å². The molecule has 1 aromatic carbocycles. The van der Waals surface area contributed by atoms with Crippen molar-refractivity contribution in [1.29, 1.82) is 0 Å². The molecule has 2 unspecified atom stereocenters. The molecule has 3 heteroatoms. The summed E-state index contributed by atoms with van der Waals surface area (Å²) in [6, 6.07) is 8.51. The van der Waals surface area contributed by atoms with Crippen LogP contribution in [0.3, 0.4) is 0 Å². The fourth-order valence-electron chi connectivity index (χ4n) is 1.99. The van der Waals surface area contributed by atoms with Gasteiger partial charge in [-0.15, -0.1) is 11.8 Å². The van der Waals surface area contributed by atoms with Crippen molar-refractivity contribution in [3.05, 3.63) is 29.8 Å². The van der Waals surface area contributed by atoms with E-state index in [2.05, 4.69) is 31.2 Å². The highest BCUT2D eigenvalue weighted by molar-refractivity contribution is 8.00. The Kier molecular flexibility index (Phi) is 3.90. The molecule has 2 N–H and O–H groups in total. The molecule has 0 amide bonds. The normalized spacial score (nSPS) is 26.9. The van der Waals surface area contributed by atoms with Gasteiger partial charge in [-0.05, 0) is 31.9 Å². The van der Waals surface area contributed by atoms with E-state index >= 15 is 0 Å². The first kappa shape index (κ1) is 12.0. The van der Waals surface area contributed by atoms with Gasteiger partial charge in [-0.1, -0.05) is 18.2 Å². The van der Waals surface area contributed by atoms with Crippen LogP contribution >= 0.6 is 11.8 Å². The lowest BCUT2D eigenvalue weighted by atomic mass is 10.1. The van der Waals surface area contributed by atoms with Gasteiger partial charge in [0.1, 0.15) is 0 Å². The average molecular weight is 237 g/mol. The van der Waals surface area contributed by atoms with Crippen LogP contribution in [0.2, 0.25) is 0 Å². The lowest BCUT2D eigenvalue weighted by Crippen LogP contribution is -2.14. The van der Waals surface area contributed by atoms with Gasteiger partial charge < -0.3 is 10.5 Å². The molecule has 0 aromatic heterocycles. The van der Waals surface area contributed by atoms with Gasteiger partial charge in [-0.2, -0.15) is 0 Å². The van der Waals surface area contributed by atoms with Crippen molar-refractivity contribution in [2.75, 3.05) is 6.61 Å². The fourth-order valence-corrected chi connectivity index (χ4v) is 3.35. The summed E-state index contributed by atoms with van der Waals surface area (Å²) >= 11 is 1.91. The number of hydrogen-bond acceptors (Lipinski definition) is 3. The smallest absolute Gasteiger partial charge is 0.0669 e. The Balaban J connectivity index is 2.14. The Bertz CT molecular complexity index is 354. The first-order valence-corrected chi connectivity index (χ1v) is 6.69. The summed E-state index contributed by atoms with van der Waals surface area (Å²) in [6.07, 6.45) is 1.49. The van der Waals surface area contributed by atoms with Crippen LogP contribution in [0, 0.1) is 0 Å². The van der Waals surface area contributed by atoms with Crippen molar-refractivity contribution in [2.24, 2.45) is 5.73 Å². The van der Waals surface area contributed by atoms with E-state index in [1.54, 1.807) is 0 Å². The summed E-state index contributed by atoms with van der Waals surface area (Å²) in [6.45, 7) is 5.08. The molecule has 3 atom stereocenters. The third-order valence-electron chi connectivity index (χ3n) is 2.99. The lowest BCUT2D eigenvalue weighted by Gasteiger charge is -2.17. The molecule has 1 fully saturated rings. The first-order valence-electron chi connectivity index (χ1n) is 5.81. The minimum absolute atomic E-state index is 0.0985. The molecular weight excluding hydrogens is 218 g/mol. The van der Waals surface area contributed by atoms with Gasteiger partial charge in [0.2, 0.25) is 0 Å². The monoisotopic (exact) mass is 237 g/mol. The quantitative estimate of drug-likeness (QED) is 0.877. The maximum Gasteiger partial charge on any atom is 0.0669 e. The highest BCUT2D eigenvalue weighted by Crippen LogP contribution is 2.35. The first-order chi connectivity index (χ1) is 7.68. The molecule has 16 heavy (non-hydrogen) atoms. The minimum atomic E-state index is 0.0985. The van der Waals surface area contributed by atoms with E-state index in [0.29, 0.717) is 11.4 Å². The Morgan fingerprint density at radius 1 is 1.44 bits per heavy atom. The van der Waals surface area contributed by atoms with Crippen LogP contribution in [-0.2, 0) is 4.74 Å². The second kappa shape index (κ2) is 5.21. The number of rotatable bonds is 3. The molecule has 2 rings (SSSR count). The molecular formula is C13H19NOS. The van der Waals surface area contributed by atoms with Crippen molar-refractivity contribution >= 4 is 11.8 Å². The molecule has 0 aliphatic carbocycles. The summed E-state index contributed by atoms with van der Waals surface area (Å²) in [5.74, 6) is 0. The molecule has 0 radical (unpaired) electrons. The molecule has 1 aromatic rings. The van der Waals surface area contributed by atoms with Gasteiger partial charge >= 0.3 is 0 Å². The van der Waals surface area contributed by atoms with E-state index in [0.717, 1.165) is 13.0 Å². The molecule has 88 valence electrons. The van der Waals surface area contributed by atoms with Crippen LogP contribution < -0.4 is 5.73 Å². The minimum Gasteiger partial charge on any atom is -0.377 e. The van der Waals surface area contributed by atoms with E-state index in [1.807, 2.05) is 18.7 Å². The van der Waals surface area contributed by atoms with Crippen LogP contribution in [0.1, 0.15) is 31.9 Å². The van der Waals surface area contributed by atoms with E-state index in [-0.39, 0.29) is 6.04 Å². The van der Waals surface area contributed by atoms with Crippen LogP contribution in [0.5, 0.6) is 0 Å². The molecule has 1 heterocycles. The molecule has 2 nitrogen and oxygen atoms in total. The molecule has 1 aliphatic rings. The zero-order valence-electron chi connectivity index (χ0n) is 9.85. The van der Waals surface area contributed by atoms with E-state index in [4.69, 9.17) is 10.5 Å². The summed E-state index contributed by atoms with van der Waals surface area (Å²) < 4.78 is 5.59. The third-order valence-corrected chi connectivity index (χ3v) is 4.54. The third kappa shape index (κ3) is 2.59. The molecule has 0 spiro atoms. The van der Waals surface area contributed by atoms with Gasteiger partial charge in [-0.25, -0.2) is 0 Å². The van der Waals surface area contributed by atoms with E-state index in [9.17, 15) is 0 Å². The van der Waals surface area contributed by atoms with Gasteiger partial charge in [0.25, 0.3) is 0 Å². The Hall–Kier alpha value is -0.510.